The molecule has 2 aromatic carbocycles. The number of methoxy groups -OCH3 is 1. The molecule has 2 unspecified atom stereocenters. The SMILES string of the molecule is COc1ccc(C2(C)NC(=O)N(NC(=O)CN(C)C(C)c3cc4ccccc4o3)C2=O)cc1. The molecular formula is C24H26N4O5. The lowest BCUT2D eigenvalue weighted by Gasteiger charge is -2.24. The van der Waals surface area contributed by atoms with Crippen molar-refractivity contribution >= 4 is 28.8 Å². The number of para-hydroxylation sites is 1. The van der Waals surface area contributed by atoms with E-state index in [0.29, 0.717) is 17.1 Å². The summed E-state index contributed by atoms with van der Waals surface area (Å²) in [5.74, 6) is 0.279. The number of rotatable bonds is 7. The van der Waals surface area contributed by atoms with Crippen molar-refractivity contribution in [3.63, 3.8) is 0 Å². The molecule has 9 nitrogen and oxygen atoms in total. The van der Waals surface area contributed by atoms with Gasteiger partial charge in [-0.25, -0.2) is 4.79 Å². The first-order valence-corrected chi connectivity index (χ1v) is 10.5. The summed E-state index contributed by atoms with van der Waals surface area (Å²) in [4.78, 5) is 40.0. The van der Waals surface area contributed by atoms with E-state index in [2.05, 4.69) is 10.7 Å². The van der Waals surface area contributed by atoms with Gasteiger partial charge in [0, 0.05) is 5.39 Å². The molecule has 33 heavy (non-hydrogen) atoms. The van der Waals surface area contributed by atoms with Crippen LogP contribution in [0.25, 0.3) is 11.0 Å². The predicted molar refractivity (Wildman–Crippen MR) is 121 cm³/mol. The molecule has 2 heterocycles. The highest BCUT2D eigenvalue weighted by molar-refractivity contribution is 6.08. The summed E-state index contributed by atoms with van der Waals surface area (Å²) in [5, 5.41) is 4.37. The minimum absolute atomic E-state index is 0.0471. The van der Waals surface area contributed by atoms with E-state index < -0.39 is 23.4 Å². The van der Waals surface area contributed by atoms with Crippen molar-refractivity contribution in [2.75, 3.05) is 20.7 Å². The molecule has 3 aromatic rings. The molecule has 172 valence electrons. The molecule has 4 rings (SSSR count). The van der Waals surface area contributed by atoms with Crippen LogP contribution < -0.4 is 15.5 Å². The van der Waals surface area contributed by atoms with Gasteiger partial charge >= 0.3 is 6.03 Å². The minimum atomic E-state index is -1.30. The molecule has 2 atom stereocenters. The Morgan fingerprint density at radius 2 is 1.91 bits per heavy atom. The molecular weight excluding hydrogens is 424 g/mol. The normalized spacial score (nSPS) is 19.1. The Labute approximate surface area is 191 Å². The fourth-order valence-corrected chi connectivity index (χ4v) is 3.81. The van der Waals surface area contributed by atoms with Crippen LogP contribution in [0.1, 0.15) is 31.2 Å². The second-order valence-corrected chi connectivity index (χ2v) is 8.24. The fourth-order valence-electron chi connectivity index (χ4n) is 3.81. The van der Waals surface area contributed by atoms with Gasteiger partial charge in [-0.05, 0) is 50.7 Å². The van der Waals surface area contributed by atoms with Crippen LogP contribution in [-0.4, -0.2) is 48.5 Å². The average molecular weight is 450 g/mol. The molecule has 1 aliphatic heterocycles. The maximum Gasteiger partial charge on any atom is 0.344 e. The van der Waals surface area contributed by atoms with Gasteiger partial charge in [-0.1, -0.05) is 30.3 Å². The number of nitrogens with one attached hydrogen (secondary N) is 2. The number of hydrogen-bond donors (Lipinski definition) is 2. The Balaban J connectivity index is 1.42. The average Bonchev–Trinajstić information content (AvgIpc) is 3.33. The summed E-state index contributed by atoms with van der Waals surface area (Å²) in [5.41, 5.74) is 2.47. The van der Waals surface area contributed by atoms with Crippen molar-refractivity contribution in [3.8, 4) is 5.75 Å². The molecule has 0 radical (unpaired) electrons. The molecule has 1 aromatic heterocycles. The van der Waals surface area contributed by atoms with Crippen molar-refractivity contribution in [3.05, 3.63) is 65.9 Å². The fraction of sp³-hybridized carbons (Fsp3) is 0.292. The van der Waals surface area contributed by atoms with Crippen molar-refractivity contribution in [1.29, 1.82) is 0 Å². The maximum absolute atomic E-state index is 13.0. The predicted octanol–water partition coefficient (Wildman–Crippen LogP) is 2.93. The van der Waals surface area contributed by atoms with Gasteiger partial charge in [-0.3, -0.25) is 19.9 Å². The highest BCUT2D eigenvalue weighted by Gasteiger charge is 2.50. The standard InChI is InChI=1S/C24H26N4O5/c1-15(20-13-16-7-5-6-8-19(16)33-20)27(3)14-21(29)26-28-22(30)24(2,25-23(28)31)17-9-11-18(32-4)12-10-17/h5-13,15H,14H2,1-4H3,(H,25,31)(H,26,29). The van der Waals surface area contributed by atoms with Crippen LogP contribution in [0.2, 0.25) is 0 Å². The number of furan rings is 1. The van der Waals surface area contributed by atoms with E-state index in [1.165, 1.54) is 0 Å². The first kappa shape index (κ1) is 22.3. The van der Waals surface area contributed by atoms with E-state index in [1.54, 1.807) is 50.2 Å². The number of carbonyl (C=O) groups excluding carboxylic acids is 3. The zero-order chi connectivity index (χ0) is 23.8. The van der Waals surface area contributed by atoms with Crippen LogP contribution in [0, 0.1) is 0 Å². The molecule has 2 N–H and O–H groups in total. The molecule has 0 bridgehead atoms. The van der Waals surface area contributed by atoms with Gasteiger partial charge < -0.3 is 14.5 Å². The number of imide groups is 1. The van der Waals surface area contributed by atoms with E-state index in [1.807, 2.05) is 37.3 Å². The van der Waals surface area contributed by atoms with Gasteiger partial charge in [0.25, 0.3) is 11.8 Å². The number of carbonyl (C=O) groups is 3. The van der Waals surface area contributed by atoms with Gasteiger partial charge in [-0.15, -0.1) is 0 Å². The zero-order valence-electron chi connectivity index (χ0n) is 18.9. The number of fused-ring (bicyclic) bond motifs is 1. The lowest BCUT2D eigenvalue weighted by Crippen LogP contribution is -2.50. The number of benzene rings is 2. The van der Waals surface area contributed by atoms with Crippen LogP contribution >= 0.6 is 0 Å². The Morgan fingerprint density at radius 1 is 1.21 bits per heavy atom. The summed E-state index contributed by atoms with van der Waals surface area (Å²) in [6.07, 6.45) is 0. The van der Waals surface area contributed by atoms with E-state index in [0.717, 1.165) is 16.0 Å². The van der Waals surface area contributed by atoms with Crippen LogP contribution in [0.4, 0.5) is 4.79 Å². The third kappa shape index (κ3) is 4.14. The lowest BCUT2D eigenvalue weighted by molar-refractivity contribution is -0.139. The zero-order valence-corrected chi connectivity index (χ0v) is 18.9. The first-order valence-electron chi connectivity index (χ1n) is 10.5. The Bertz CT molecular complexity index is 1170. The number of nitrogens with zero attached hydrogens (tertiary/aromatic N) is 2. The molecule has 0 saturated carbocycles. The number of ether oxygens (including phenoxy) is 1. The second-order valence-electron chi connectivity index (χ2n) is 8.24. The molecule has 4 amide bonds. The molecule has 9 heteroatoms. The molecule has 0 spiro atoms. The van der Waals surface area contributed by atoms with Gasteiger partial charge in [0.05, 0.1) is 19.7 Å². The highest BCUT2D eigenvalue weighted by atomic mass is 16.5. The van der Waals surface area contributed by atoms with Crippen LogP contribution in [-0.2, 0) is 15.1 Å². The third-order valence-electron chi connectivity index (χ3n) is 6.01. The summed E-state index contributed by atoms with van der Waals surface area (Å²) < 4.78 is 11.0. The maximum atomic E-state index is 13.0. The molecule has 1 fully saturated rings. The Morgan fingerprint density at radius 3 is 2.58 bits per heavy atom. The van der Waals surface area contributed by atoms with E-state index in [4.69, 9.17) is 9.15 Å². The van der Waals surface area contributed by atoms with Gasteiger partial charge in [0.15, 0.2) is 0 Å². The molecule has 0 aliphatic carbocycles. The van der Waals surface area contributed by atoms with Crippen molar-refractivity contribution < 1.29 is 23.5 Å². The summed E-state index contributed by atoms with van der Waals surface area (Å²) >= 11 is 0. The van der Waals surface area contributed by atoms with E-state index in [9.17, 15) is 14.4 Å². The van der Waals surface area contributed by atoms with Crippen molar-refractivity contribution in [2.45, 2.75) is 25.4 Å². The summed E-state index contributed by atoms with van der Waals surface area (Å²) in [6.45, 7) is 3.46. The minimum Gasteiger partial charge on any atom is -0.497 e. The number of amides is 4. The topological polar surface area (TPSA) is 104 Å². The van der Waals surface area contributed by atoms with Crippen LogP contribution in [0.5, 0.6) is 5.75 Å². The Hall–Kier alpha value is -3.85. The number of hydrazine groups is 1. The van der Waals surface area contributed by atoms with Crippen molar-refractivity contribution in [2.24, 2.45) is 0 Å². The monoisotopic (exact) mass is 450 g/mol. The first-order chi connectivity index (χ1) is 15.7. The third-order valence-corrected chi connectivity index (χ3v) is 6.01. The molecule has 1 aliphatic rings. The second kappa shape index (κ2) is 8.59. The largest absolute Gasteiger partial charge is 0.497 e. The number of hydrogen-bond acceptors (Lipinski definition) is 6. The smallest absolute Gasteiger partial charge is 0.344 e. The van der Waals surface area contributed by atoms with Gasteiger partial charge in [-0.2, -0.15) is 5.01 Å². The summed E-state index contributed by atoms with van der Waals surface area (Å²) in [7, 11) is 3.31. The highest BCUT2D eigenvalue weighted by Crippen LogP contribution is 2.29. The summed E-state index contributed by atoms with van der Waals surface area (Å²) in [6, 6.07) is 15.5. The Kier molecular flexibility index (Phi) is 5.82. The van der Waals surface area contributed by atoms with E-state index in [-0.39, 0.29) is 12.6 Å². The van der Waals surface area contributed by atoms with Crippen molar-refractivity contribution in [1.82, 2.24) is 20.7 Å². The quantitative estimate of drug-likeness (QED) is 0.537. The van der Waals surface area contributed by atoms with Gasteiger partial charge in [0.1, 0.15) is 22.6 Å². The van der Waals surface area contributed by atoms with Crippen LogP contribution in [0.3, 0.4) is 0 Å². The van der Waals surface area contributed by atoms with E-state index >= 15 is 0 Å². The van der Waals surface area contributed by atoms with Crippen LogP contribution in [0.15, 0.2) is 59.0 Å². The number of likely N-dealkylation sites (N-methyl/N-ethyl adjacent to an activating group) is 1. The molecule has 1 saturated heterocycles. The lowest BCUT2D eigenvalue weighted by atomic mass is 9.92. The van der Waals surface area contributed by atoms with Gasteiger partial charge in [0.2, 0.25) is 0 Å². The number of urea groups is 1.